The fourth-order valence-corrected chi connectivity index (χ4v) is 6.37. The summed E-state index contributed by atoms with van der Waals surface area (Å²) in [6, 6.07) is 0. The monoisotopic (exact) mass is 475 g/mol. The molecule has 0 radical (unpaired) electrons. The van der Waals surface area contributed by atoms with Crippen molar-refractivity contribution < 1.29 is 4.74 Å². The molecule has 1 heterocycles. The number of allylic oxidation sites excluding steroid dienone is 1. The highest BCUT2D eigenvalue weighted by Crippen LogP contribution is 2.39. The molecule has 33 heavy (non-hydrogen) atoms. The average Bonchev–Trinajstić information content (AvgIpc) is 3.42. The first-order chi connectivity index (χ1) is 15.8. The molecule has 1 aliphatic heterocycles. The summed E-state index contributed by atoms with van der Waals surface area (Å²) in [5, 5.41) is 0.663. The molecular weight excluding hydrogens is 426 g/mol. The van der Waals surface area contributed by atoms with E-state index in [0.717, 1.165) is 41.7 Å². The van der Waals surface area contributed by atoms with E-state index in [0.29, 0.717) is 24.1 Å². The van der Waals surface area contributed by atoms with Crippen molar-refractivity contribution in [3.8, 4) is 0 Å². The number of hydrogen-bond donors (Lipinski definition) is 2. The van der Waals surface area contributed by atoms with Crippen LogP contribution in [-0.2, 0) is 4.74 Å². The summed E-state index contributed by atoms with van der Waals surface area (Å²) in [6.45, 7) is 16.6. The minimum atomic E-state index is 0.105. The van der Waals surface area contributed by atoms with Crippen molar-refractivity contribution in [2.24, 2.45) is 27.8 Å². The zero-order valence-electron chi connectivity index (χ0n) is 21.6. The van der Waals surface area contributed by atoms with Gasteiger partial charge in [0.25, 0.3) is 0 Å². The summed E-state index contributed by atoms with van der Waals surface area (Å²) in [5.41, 5.74) is 14.9. The Morgan fingerprint density at radius 1 is 1.21 bits per heavy atom. The Kier molecular flexibility index (Phi) is 12.1. The number of aliphatic imine (C=N–C) groups is 1. The maximum absolute atomic E-state index is 6.10. The lowest BCUT2D eigenvalue weighted by Gasteiger charge is -2.25. The van der Waals surface area contributed by atoms with Crippen LogP contribution in [0.4, 0.5) is 0 Å². The smallest absolute Gasteiger partial charge is 0.223 e. The lowest BCUT2D eigenvalue weighted by atomic mass is 9.84. The van der Waals surface area contributed by atoms with Gasteiger partial charge < -0.3 is 16.2 Å². The molecule has 0 bridgehead atoms. The molecule has 2 fully saturated rings. The first-order valence-electron chi connectivity index (χ1n) is 13.1. The standard InChI is InChI=1S/C18H31N3OS.C10H18/c1-13(20)15-11-21-17(16(15)23-14-7-4-5-8-14)22-12-18(2,3)9-6-10-19;1-3-5-10-7-4-6-9(2)8-10/h14H,1,4-12,19-20H2,2-3H3;10H,2-8H2,1H3. The van der Waals surface area contributed by atoms with Gasteiger partial charge >= 0.3 is 0 Å². The van der Waals surface area contributed by atoms with Crippen LogP contribution in [0.2, 0.25) is 0 Å². The third kappa shape index (κ3) is 9.90. The van der Waals surface area contributed by atoms with Crippen LogP contribution in [0.25, 0.3) is 0 Å². The molecule has 0 spiro atoms. The molecule has 5 heteroatoms. The van der Waals surface area contributed by atoms with E-state index in [1.807, 2.05) is 11.8 Å². The van der Waals surface area contributed by atoms with E-state index in [9.17, 15) is 0 Å². The van der Waals surface area contributed by atoms with Crippen molar-refractivity contribution in [2.75, 3.05) is 19.7 Å². The van der Waals surface area contributed by atoms with Gasteiger partial charge in [-0.25, -0.2) is 4.99 Å². The summed E-state index contributed by atoms with van der Waals surface area (Å²) < 4.78 is 6.10. The molecule has 2 saturated carbocycles. The zero-order valence-corrected chi connectivity index (χ0v) is 22.4. The van der Waals surface area contributed by atoms with Gasteiger partial charge in [-0.3, -0.25) is 0 Å². The normalized spacial score (nSPS) is 21.6. The fourth-order valence-electron chi connectivity index (χ4n) is 4.90. The quantitative estimate of drug-likeness (QED) is 0.330. The lowest BCUT2D eigenvalue weighted by Crippen LogP contribution is -2.23. The topological polar surface area (TPSA) is 73.6 Å². The highest BCUT2D eigenvalue weighted by Gasteiger charge is 2.29. The molecule has 1 unspecified atom stereocenters. The van der Waals surface area contributed by atoms with Crippen molar-refractivity contribution in [3.05, 3.63) is 34.9 Å². The molecule has 0 aromatic heterocycles. The number of hydrogen-bond acceptors (Lipinski definition) is 5. The predicted octanol–water partition coefficient (Wildman–Crippen LogP) is 7.12. The van der Waals surface area contributed by atoms with Gasteiger partial charge in [-0.05, 0) is 69.2 Å². The maximum atomic E-state index is 6.10. The predicted molar refractivity (Wildman–Crippen MR) is 147 cm³/mol. The molecule has 0 aromatic carbocycles. The summed E-state index contributed by atoms with van der Waals surface area (Å²) in [6.07, 6.45) is 15.5. The number of rotatable bonds is 10. The highest BCUT2D eigenvalue weighted by atomic mass is 32.2. The summed E-state index contributed by atoms with van der Waals surface area (Å²) in [7, 11) is 0. The van der Waals surface area contributed by atoms with E-state index < -0.39 is 0 Å². The van der Waals surface area contributed by atoms with E-state index in [-0.39, 0.29) is 5.41 Å². The molecule has 3 rings (SSSR count). The Morgan fingerprint density at radius 3 is 2.55 bits per heavy atom. The van der Waals surface area contributed by atoms with E-state index in [1.165, 1.54) is 69.8 Å². The molecule has 0 amide bonds. The molecule has 1 atom stereocenters. The van der Waals surface area contributed by atoms with Crippen molar-refractivity contribution in [3.63, 3.8) is 0 Å². The van der Waals surface area contributed by atoms with Gasteiger partial charge in [0.05, 0.1) is 18.1 Å². The first-order valence-corrected chi connectivity index (χ1v) is 14.0. The highest BCUT2D eigenvalue weighted by molar-refractivity contribution is 8.04. The largest absolute Gasteiger partial charge is 0.477 e. The van der Waals surface area contributed by atoms with Gasteiger partial charge in [-0.2, -0.15) is 0 Å². The molecule has 4 nitrogen and oxygen atoms in total. The van der Waals surface area contributed by atoms with Gasteiger partial charge in [-0.15, -0.1) is 11.8 Å². The van der Waals surface area contributed by atoms with Crippen LogP contribution in [0.15, 0.2) is 39.9 Å². The molecule has 4 N–H and O–H groups in total. The third-order valence-corrected chi connectivity index (χ3v) is 8.36. The van der Waals surface area contributed by atoms with E-state index in [2.05, 4.69) is 38.9 Å². The van der Waals surface area contributed by atoms with Crippen LogP contribution in [0.1, 0.15) is 97.8 Å². The van der Waals surface area contributed by atoms with Crippen LogP contribution in [0.3, 0.4) is 0 Å². The van der Waals surface area contributed by atoms with Crippen LogP contribution >= 0.6 is 11.8 Å². The third-order valence-electron chi connectivity index (χ3n) is 6.90. The maximum Gasteiger partial charge on any atom is 0.223 e. The van der Waals surface area contributed by atoms with Crippen molar-refractivity contribution >= 4 is 17.7 Å². The van der Waals surface area contributed by atoms with Crippen LogP contribution in [-0.4, -0.2) is 30.8 Å². The summed E-state index contributed by atoms with van der Waals surface area (Å²) in [5.74, 6) is 1.75. The molecule has 188 valence electrons. The Morgan fingerprint density at radius 2 is 1.94 bits per heavy atom. The second-order valence-electron chi connectivity index (χ2n) is 10.8. The van der Waals surface area contributed by atoms with Gasteiger partial charge in [-0.1, -0.05) is 65.2 Å². The second-order valence-corrected chi connectivity index (χ2v) is 12.1. The Labute approximate surface area is 207 Å². The van der Waals surface area contributed by atoms with Gasteiger partial charge in [0.1, 0.15) is 0 Å². The second kappa shape index (κ2) is 14.3. The Bertz CT molecular complexity index is 702. The summed E-state index contributed by atoms with van der Waals surface area (Å²) in [4.78, 5) is 5.70. The fraction of sp³-hybridized carbons (Fsp3) is 0.750. The molecule has 2 aliphatic carbocycles. The first kappa shape index (κ1) is 28.0. The van der Waals surface area contributed by atoms with Gasteiger partial charge in [0.15, 0.2) is 0 Å². The Balaban J connectivity index is 0.000000321. The van der Waals surface area contributed by atoms with Crippen LogP contribution in [0, 0.1) is 11.3 Å². The number of ether oxygens (including phenoxy) is 1. The number of nitrogens with two attached hydrogens (primary N) is 2. The molecule has 0 saturated heterocycles. The molecular formula is C28H49N3OS. The zero-order chi connectivity index (χ0) is 24.3. The van der Waals surface area contributed by atoms with Crippen molar-refractivity contribution in [2.45, 2.75) is 103 Å². The van der Waals surface area contributed by atoms with E-state index in [4.69, 9.17) is 16.2 Å². The average molecular weight is 476 g/mol. The SMILES string of the molecule is C=C(N)C1=C(SC2CCCC2)C(OCC(C)(C)CCCN)=NC1.C=C1CCCC(CCC)C1. The van der Waals surface area contributed by atoms with E-state index >= 15 is 0 Å². The van der Waals surface area contributed by atoms with E-state index in [1.54, 1.807) is 0 Å². The number of thioether (sulfide) groups is 1. The number of nitrogens with zero attached hydrogens (tertiary/aromatic N) is 1. The van der Waals surface area contributed by atoms with Crippen molar-refractivity contribution in [1.82, 2.24) is 0 Å². The minimum absolute atomic E-state index is 0.105. The summed E-state index contributed by atoms with van der Waals surface area (Å²) >= 11 is 1.89. The van der Waals surface area contributed by atoms with Crippen molar-refractivity contribution in [1.29, 1.82) is 0 Å². The van der Waals surface area contributed by atoms with Gasteiger partial charge in [0, 0.05) is 16.5 Å². The Hall–Kier alpha value is -1.20. The molecule has 0 aromatic rings. The van der Waals surface area contributed by atoms with Gasteiger partial charge in [0.2, 0.25) is 5.90 Å². The lowest BCUT2D eigenvalue weighted by molar-refractivity contribution is 0.159. The van der Waals surface area contributed by atoms with Crippen LogP contribution < -0.4 is 11.5 Å². The van der Waals surface area contributed by atoms with Crippen LogP contribution in [0.5, 0.6) is 0 Å². The molecule has 3 aliphatic rings. The minimum Gasteiger partial charge on any atom is -0.477 e.